The van der Waals surface area contributed by atoms with Crippen LogP contribution in [0.2, 0.25) is 0 Å². The van der Waals surface area contributed by atoms with E-state index in [1.165, 1.54) is 13.0 Å². The molecule has 1 aromatic carbocycles. The van der Waals surface area contributed by atoms with Crippen LogP contribution in [0.5, 0.6) is 11.5 Å². The molecule has 0 aliphatic carbocycles. The van der Waals surface area contributed by atoms with Crippen LogP contribution >= 0.6 is 0 Å². The van der Waals surface area contributed by atoms with Gasteiger partial charge in [-0.25, -0.2) is 8.78 Å². The van der Waals surface area contributed by atoms with Crippen molar-refractivity contribution in [3.63, 3.8) is 0 Å². The first kappa shape index (κ1) is 13.5. The van der Waals surface area contributed by atoms with Crippen molar-refractivity contribution >= 4 is 0 Å². The van der Waals surface area contributed by atoms with Gasteiger partial charge in [0.15, 0.2) is 11.5 Å². The van der Waals surface area contributed by atoms with Crippen molar-refractivity contribution in [2.75, 3.05) is 6.61 Å². The van der Waals surface area contributed by atoms with Crippen LogP contribution in [0, 0.1) is 0 Å². The first-order valence-electron chi connectivity index (χ1n) is 4.64. The van der Waals surface area contributed by atoms with Crippen molar-refractivity contribution in [1.82, 2.24) is 0 Å². The molecule has 0 bridgehead atoms. The van der Waals surface area contributed by atoms with E-state index in [2.05, 4.69) is 4.74 Å². The fourth-order valence-corrected chi connectivity index (χ4v) is 1.20. The maximum absolute atomic E-state index is 12.5. The minimum atomic E-state index is -5.04. The Kier molecular flexibility index (Phi) is 4.14. The quantitative estimate of drug-likeness (QED) is 0.760. The van der Waals surface area contributed by atoms with Crippen LogP contribution in [0.15, 0.2) is 18.2 Å². The van der Waals surface area contributed by atoms with E-state index in [9.17, 15) is 22.0 Å². The Morgan fingerprint density at radius 1 is 1.24 bits per heavy atom. The largest absolute Gasteiger partial charge is 0.573 e. The van der Waals surface area contributed by atoms with Crippen molar-refractivity contribution in [1.29, 1.82) is 0 Å². The van der Waals surface area contributed by atoms with Crippen molar-refractivity contribution in [2.24, 2.45) is 0 Å². The van der Waals surface area contributed by atoms with Crippen LogP contribution in [-0.2, 0) is 0 Å². The number of benzene rings is 1. The lowest BCUT2D eigenvalue weighted by Crippen LogP contribution is -2.19. The van der Waals surface area contributed by atoms with Gasteiger partial charge in [0.25, 0.3) is 6.43 Å². The zero-order valence-electron chi connectivity index (χ0n) is 8.72. The van der Waals surface area contributed by atoms with Gasteiger partial charge in [-0.3, -0.25) is 0 Å². The number of halogens is 5. The molecule has 0 heterocycles. The topological polar surface area (TPSA) is 18.5 Å². The molecule has 1 aromatic rings. The zero-order chi connectivity index (χ0) is 13.1. The first-order chi connectivity index (χ1) is 7.85. The second-order valence-corrected chi connectivity index (χ2v) is 2.96. The van der Waals surface area contributed by atoms with Crippen LogP contribution in [0.4, 0.5) is 22.0 Å². The molecule has 0 radical (unpaired) electrons. The van der Waals surface area contributed by atoms with Crippen molar-refractivity contribution < 1.29 is 31.4 Å². The monoisotopic (exact) mass is 256 g/mol. The molecular formula is C10H9F5O2. The van der Waals surface area contributed by atoms with Crippen LogP contribution in [0.1, 0.15) is 18.9 Å². The Morgan fingerprint density at radius 3 is 2.35 bits per heavy atom. The summed E-state index contributed by atoms with van der Waals surface area (Å²) in [7, 11) is 0. The summed E-state index contributed by atoms with van der Waals surface area (Å²) in [5, 5.41) is 0. The van der Waals surface area contributed by atoms with Gasteiger partial charge in [-0.2, -0.15) is 0 Å². The lowest BCUT2D eigenvalue weighted by atomic mass is 10.2. The number of alkyl halides is 5. The summed E-state index contributed by atoms with van der Waals surface area (Å²) in [6, 6.07) is 3.17. The molecule has 0 amide bonds. The summed E-state index contributed by atoms with van der Waals surface area (Å²) in [5.41, 5.74) is -0.853. The molecule has 0 saturated heterocycles. The van der Waals surface area contributed by atoms with Gasteiger partial charge in [0.1, 0.15) is 0 Å². The van der Waals surface area contributed by atoms with E-state index in [0.717, 1.165) is 12.1 Å². The number of hydrogen-bond donors (Lipinski definition) is 0. The summed E-state index contributed by atoms with van der Waals surface area (Å²) in [6.07, 6.45) is -8.12. The number of para-hydroxylation sites is 1. The van der Waals surface area contributed by atoms with Crippen molar-refractivity contribution in [3.05, 3.63) is 23.8 Å². The molecule has 96 valence electrons. The van der Waals surface area contributed by atoms with E-state index in [4.69, 9.17) is 4.74 Å². The third kappa shape index (κ3) is 3.76. The molecular weight excluding hydrogens is 247 g/mol. The van der Waals surface area contributed by atoms with Crippen molar-refractivity contribution in [2.45, 2.75) is 19.7 Å². The molecule has 0 fully saturated rings. The highest BCUT2D eigenvalue weighted by atomic mass is 19.4. The fraction of sp³-hybridized carbons (Fsp3) is 0.400. The summed E-state index contributed by atoms with van der Waals surface area (Å²) in [4.78, 5) is 0. The first-order valence-corrected chi connectivity index (χ1v) is 4.64. The van der Waals surface area contributed by atoms with Gasteiger partial charge in [-0.1, -0.05) is 6.07 Å². The Hall–Kier alpha value is -1.53. The van der Waals surface area contributed by atoms with Crippen LogP contribution in [0.25, 0.3) is 0 Å². The van der Waals surface area contributed by atoms with Crippen LogP contribution < -0.4 is 9.47 Å². The molecule has 0 aliphatic rings. The average Bonchev–Trinajstić information content (AvgIpc) is 2.18. The molecule has 0 saturated carbocycles. The molecule has 1 rings (SSSR count). The zero-order valence-corrected chi connectivity index (χ0v) is 8.72. The van der Waals surface area contributed by atoms with E-state index in [0.29, 0.717) is 0 Å². The van der Waals surface area contributed by atoms with Gasteiger partial charge < -0.3 is 9.47 Å². The molecule has 17 heavy (non-hydrogen) atoms. The Balaban J connectivity index is 3.18. The molecule has 0 aliphatic heterocycles. The minimum Gasteiger partial charge on any atom is -0.490 e. The normalized spacial score (nSPS) is 11.7. The molecule has 2 nitrogen and oxygen atoms in total. The predicted octanol–water partition coefficient (Wildman–Crippen LogP) is 3.92. The van der Waals surface area contributed by atoms with E-state index in [1.54, 1.807) is 0 Å². The van der Waals surface area contributed by atoms with Gasteiger partial charge in [-0.05, 0) is 19.1 Å². The highest BCUT2D eigenvalue weighted by Crippen LogP contribution is 2.39. The van der Waals surface area contributed by atoms with E-state index >= 15 is 0 Å². The van der Waals surface area contributed by atoms with Crippen LogP contribution in [-0.4, -0.2) is 13.0 Å². The lowest BCUT2D eigenvalue weighted by Gasteiger charge is -2.16. The van der Waals surface area contributed by atoms with Crippen LogP contribution in [0.3, 0.4) is 0 Å². The van der Waals surface area contributed by atoms with Gasteiger partial charge in [-0.15, -0.1) is 13.2 Å². The molecule has 0 unspecified atom stereocenters. The third-order valence-electron chi connectivity index (χ3n) is 1.76. The lowest BCUT2D eigenvalue weighted by molar-refractivity contribution is -0.275. The second kappa shape index (κ2) is 5.20. The number of hydrogen-bond acceptors (Lipinski definition) is 2. The smallest absolute Gasteiger partial charge is 0.490 e. The second-order valence-electron chi connectivity index (χ2n) is 2.96. The average molecular weight is 256 g/mol. The van der Waals surface area contributed by atoms with Crippen molar-refractivity contribution in [3.8, 4) is 11.5 Å². The summed E-state index contributed by atoms with van der Waals surface area (Å²) < 4.78 is 69.7. The molecule has 7 heteroatoms. The summed E-state index contributed by atoms with van der Waals surface area (Å²) in [5.74, 6) is -1.35. The predicted molar refractivity (Wildman–Crippen MR) is 49.3 cm³/mol. The van der Waals surface area contributed by atoms with E-state index in [-0.39, 0.29) is 12.4 Å². The third-order valence-corrected chi connectivity index (χ3v) is 1.76. The number of ether oxygens (including phenoxy) is 2. The molecule has 0 N–H and O–H groups in total. The highest BCUT2D eigenvalue weighted by Gasteiger charge is 2.35. The summed E-state index contributed by atoms with van der Waals surface area (Å²) in [6.45, 7) is 1.56. The number of rotatable bonds is 4. The van der Waals surface area contributed by atoms with Gasteiger partial charge >= 0.3 is 6.36 Å². The Labute approximate surface area is 93.9 Å². The highest BCUT2D eigenvalue weighted by molar-refractivity contribution is 5.47. The van der Waals surface area contributed by atoms with E-state index in [1.807, 2.05) is 0 Å². The van der Waals surface area contributed by atoms with Gasteiger partial charge in [0.2, 0.25) is 0 Å². The maximum Gasteiger partial charge on any atom is 0.573 e. The SMILES string of the molecule is CCOc1cccc(C(F)F)c1OC(F)(F)F. The fourth-order valence-electron chi connectivity index (χ4n) is 1.20. The maximum atomic E-state index is 12.5. The molecule has 0 atom stereocenters. The van der Waals surface area contributed by atoms with Gasteiger partial charge in [0.05, 0.1) is 12.2 Å². The minimum absolute atomic E-state index is 0.0426. The Bertz CT molecular complexity index is 375. The summed E-state index contributed by atoms with van der Waals surface area (Å²) >= 11 is 0. The van der Waals surface area contributed by atoms with E-state index < -0.39 is 24.1 Å². The van der Waals surface area contributed by atoms with Gasteiger partial charge in [0, 0.05) is 0 Å². The standard InChI is InChI=1S/C10H9F5O2/c1-2-16-7-5-3-4-6(9(11)12)8(7)17-10(13,14)15/h3-5,9H,2H2,1H3. The molecule has 0 aromatic heterocycles. The Morgan fingerprint density at radius 2 is 1.88 bits per heavy atom. The molecule has 0 spiro atoms.